The molecule has 0 saturated heterocycles. The second-order valence-electron chi connectivity index (χ2n) is 14.9. The van der Waals surface area contributed by atoms with Crippen molar-refractivity contribution in [1.29, 1.82) is 0 Å². The van der Waals surface area contributed by atoms with Gasteiger partial charge in [-0.3, -0.25) is 0 Å². The van der Waals surface area contributed by atoms with Crippen LogP contribution < -0.4 is 0 Å². The Morgan fingerprint density at radius 2 is 0.653 bits per heavy atom. The molecule has 0 aliphatic carbocycles. The lowest BCUT2D eigenvalue weighted by Gasteiger charge is -2.18. The zero-order valence-corrected chi connectivity index (χ0v) is 33.2. The molecule has 3 aromatic rings. The Morgan fingerprint density at radius 1 is 0.347 bits per heavy atom. The fourth-order valence-corrected chi connectivity index (χ4v) is 9.90. The van der Waals surface area contributed by atoms with Crippen molar-refractivity contribution < 1.29 is 0 Å². The average molecular weight is 684 g/mol. The van der Waals surface area contributed by atoms with Crippen molar-refractivity contribution in [3.8, 4) is 0 Å². The van der Waals surface area contributed by atoms with Crippen LogP contribution >= 0.6 is 0 Å². The molecule has 3 aromatic carbocycles. The second kappa shape index (κ2) is 27.7. The average Bonchev–Trinajstić information content (AvgIpc) is 3.13. The third kappa shape index (κ3) is 17.2. The Kier molecular flexibility index (Phi) is 23.4. The van der Waals surface area contributed by atoms with Gasteiger partial charge in [-0.15, -0.1) is 0 Å². The van der Waals surface area contributed by atoms with Gasteiger partial charge in [-0.05, 0) is 68.4 Å². The minimum Gasteiger partial charge on any atom is -0.0654 e. The fraction of sp³-hybridized carbons (Fsp3) is 0.625. The van der Waals surface area contributed by atoms with Gasteiger partial charge in [-0.2, -0.15) is 0 Å². The lowest BCUT2D eigenvalue weighted by atomic mass is 9.94. The maximum atomic E-state index is 2.68. The highest BCUT2D eigenvalue weighted by atomic mass is 32.2. The summed E-state index contributed by atoms with van der Waals surface area (Å²) < 4.78 is 0. The minimum atomic E-state index is -0.0844. The number of aryl methyl sites for hydroxylation is 3. The predicted molar refractivity (Wildman–Crippen MR) is 220 cm³/mol. The molecule has 0 amide bonds. The van der Waals surface area contributed by atoms with Crippen LogP contribution in [-0.4, -0.2) is 0 Å². The van der Waals surface area contributed by atoms with E-state index in [1.54, 1.807) is 21.6 Å². The van der Waals surface area contributed by atoms with Gasteiger partial charge in [0.2, 0.25) is 0 Å². The van der Waals surface area contributed by atoms with Crippen LogP contribution in [0.3, 0.4) is 0 Å². The van der Waals surface area contributed by atoms with Crippen LogP contribution in [0.25, 0.3) is 0 Å². The topological polar surface area (TPSA) is 0 Å². The molecule has 0 radical (unpaired) electrons. The summed E-state index contributed by atoms with van der Waals surface area (Å²) in [5.74, 6) is 0. The first-order valence-electron chi connectivity index (χ1n) is 21.3. The third-order valence-corrected chi connectivity index (χ3v) is 12.8. The number of hydrogen-bond acceptors (Lipinski definition) is 0. The van der Waals surface area contributed by atoms with E-state index in [9.17, 15) is 0 Å². The second-order valence-corrected chi connectivity index (χ2v) is 16.8. The summed E-state index contributed by atoms with van der Waals surface area (Å²) in [7, 11) is -0.0844. The van der Waals surface area contributed by atoms with Gasteiger partial charge in [-0.25, -0.2) is 0 Å². The standard InChI is InChI=1S/C48H75S/c1-4-7-10-13-16-19-22-27-34-43-41-44(35-28-23-20-17-14-11-8-5-2)48(45(42-43)36-29-24-21-18-15-12-9-6-3)49(46-37-30-25-31-38-46)47-39-32-26-33-40-47/h25-26,30-33,37-42H,4-24,27-29,34-36H2,1-3H3/q+1. The highest BCUT2D eigenvalue weighted by Gasteiger charge is 2.34. The Balaban J connectivity index is 1.86. The Hall–Kier alpha value is -1.99. The number of hydrogen-bond donors (Lipinski definition) is 0. The molecule has 0 fully saturated rings. The molecule has 0 atom stereocenters. The first kappa shape index (κ1) is 41.4. The molecule has 0 aliphatic rings. The van der Waals surface area contributed by atoms with Gasteiger partial charge < -0.3 is 0 Å². The zero-order valence-electron chi connectivity index (χ0n) is 32.4. The molecule has 0 heterocycles. The van der Waals surface area contributed by atoms with Crippen molar-refractivity contribution in [3.63, 3.8) is 0 Å². The molecule has 49 heavy (non-hydrogen) atoms. The van der Waals surface area contributed by atoms with Gasteiger partial charge in [0, 0.05) is 11.1 Å². The summed E-state index contributed by atoms with van der Waals surface area (Å²) in [4.78, 5) is 4.61. The van der Waals surface area contributed by atoms with Crippen molar-refractivity contribution in [1.82, 2.24) is 0 Å². The van der Waals surface area contributed by atoms with E-state index in [-0.39, 0.29) is 10.9 Å². The van der Waals surface area contributed by atoms with Crippen LogP contribution in [0.15, 0.2) is 87.5 Å². The minimum absolute atomic E-state index is 0.0844. The molecule has 0 nitrogen and oxygen atoms in total. The van der Waals surface area contributed by atoms with Gasteiger partial charge in [0.05, 0.1) is 10.9 Å². The van der Waals surface area contributed by atoms with Gasteiger partial charge in [0.1, 0.15) is 0 Å². The van der Waals surface area contributed by atoms with Crippen LogP contribution in [0.1, 0.15) is 192 Å². The molecule has 0 spiro atoms. The Morgan fingerprint density at radius 3 is 1.00 bits per heavy atom. The molecule has 3 rings (SSSR count). The SMILES string of the molecule is CCCCCCCCCCc1cc(CCCCCCCCCC)c([S+](c2ccccc2)c2ccccc2)c(CCCCCCCCCC)c1. The van der Waals surface area contributed by atoms with Gasteiger partial charge in [-0.1, -0.05) is 204 Å². The molecular weight excluding hydrogens is 609 g/mol. The number of rotatable bonds is 30. The van der Waals surface area contributed by atoms with Crippen molar-refractivity contribution >= 4 is 10.9 Å². The third-order valence-electron chi connectivity index (χ3n) is 10.4. The van der Waals surface area contributed by atoms with Crippen molar-refractivity contribution in [3.05, 3.63) is 89.5 Å². The smallest absolute Gasteiger partial charge is 0.0654 e. The lowest BCUT2D eigenvalue weighted by molar-refractivity contribution is 0.570. The fourth-order valence-electron chi connectivity index (χ4n) is 7.45. The normalized spacial score (nSPS) is 11.5. The largest absolute Gasteiger partial charge is 0.172 e. The molecule has 272 valence electrons. The van der Waals surface area contributed by atoms with Crippen molar-refractivity contribution in [2.24, 2.45) is 0 Å². The summed E-state index contributed by atoms with van der Waals surface area (Å²) in [5, 5.41) is 0. The van der Waals surface area contributed by atoms with E-state index in [4.69, 9.17) is 0 Å². The summed E-state index contributed by atoms with van der Waals surface area (Å²) in [6.07, 6.45) is 37.0. The number of unbranched alkanes of at least 4 members (excludes halogenated alkanes) is 21. The van der Waals surface area contributed by atoms with Crippen LogP contribution in [-0.2, 0) is 30.2 Å². The molecule has 0 aliphatic heterocycles. The Bertz CT molecular complexity index is 1100. The van der Waals surface area contributed by atoms with E-state index in [1.807, 2.05) is 0 Å². The monoisotopic (exact) mass is 684 g/mol. The van der Waals surface area contributed by atoms with Gasteiger partial charge >= 0.3 is 0 Å². The first-order chi connectivity index (χ1) is 24.3. The predicted octanol–water partition coefficient (Wildman–Crippen LogP) is 15.8. The Labute approximate surface area is 308 Å². The highest BCUT2D eigenvalue weighted by Crippen LogP contribution is 2.38. The first-order valence-corrected chi connectivity index (χ1v) is 22.5. The molecular formula is C48H75S+. The van der Waals surface area contributed by atoms with Crippen molar-refractivity contribution in [2.45, 2.75) is 209 Å². The van der Waals surface area contributed by atoms with Gasteiger partial charge in [0.25, 0.3) is 0 Å². The summed E-state index contributed by atoms with van der Waals surface area (Å²) in [6.45, 7) is 6.96. The van der Waals surface area contributed by atoms with Crippen molar-refractivity contribution in [2.75, 3.05) is 0 Å². The molecule has 0 saturated carbocycles. The molecule has 1 heteroatoms. The van der Waals surface area contributed by atoms with Crippen LogP contribution in [0.2, 0.25) is 0 Å². The summed E-state index contributed by atoms with van der Waals surface area (Å²) >= 11 is 0. The molecule has 0 unspecified atom stereocenters. The maximum Gasteiger partial charge on any atom is 0.172 e. The zero-order chi connectivity index (χ0) is 34.6. The van der Waals surface area contributed by atoms with E-state index < -0.39 is 0 Å². The van der Waals surface area contributed by atoms with Gasteiger partial charge in [0.15, 0.2) is 14.7 Å². The summed E-state index contributed by atoms with van der Waals surface area (Å²) in [6, 6.07) is 28.3. The van der Waals surface area contributed by atoms with E-state index >= 15 is 0 Å². The summed E-state index contributed by atoms with van der Waals surface area (Å²) in [5.41, 5.74) is 4.94. The molecule has 0 aromatic heterocycles. The van der Waals surface area contributed by atoms with E-state index in [0.717, 1.165) is 0 Å². The highest BCUT2D eigenvalue weighted by molar-refractivity contribution is 7.97. The van der Waals surface area contributed by atoms with E-state index in [2.05, 4.69) is 93.6 Å². The van der Waals surface area contributed by atoms with E-state index in [1.165, 1.54) is 183 Å². The maximum absolute atomic E-state index is 2.68. The van der Waals surface area contributed by atoms with Crippen LogP contribution in [0, 0.1) is 0 Å². The quantitative estimate of drug-likeness (QED) is 0.0485. The molecule has 0 N–H and O–H groups in total. The van der Waals surface area contributed by atoms with Crippen LogP contribution in [0.5, 0.6) is 0 Å². The number of benzene rings is 3. The van der Waals surface area contributed by atoms with Crippen LogP contribution in [0.4, 0.5) is 0 Å². The molecule has 0 bridgehead atoms. The van der Waals surface area contributed by atoms with E-state index in [0.29, 0.717) is 0 Å². The lowest BCUT2D eigenvalue weighted by Crippen LogP contribution is -2.13.